The molecule has 196 valence electrons. The van der Waals surface area contributed by atoms with Gasteiger partial charge in [0.15, 0.2) is 5.88 Å². The van der Waals surface area contributed by atoms with Crippen LogP contribution < -0.4 is 0 Å². The fourth-order valence-corrected chi connectivity index (χ4v) is 5.16. The Bertz CT molecular complexity index is 1630. The average Bonchev–Trinajstić information content (AvgIpc) is 3.73. The summed E-state index contributed by atoms with van der Waals surface area (Å²) >= 11 is 0. The fraction of sp³-hybridized carbons (Fsp3) is 0.200. The number of nitro benzene ring substituents is 1. The van der Waals surface area contributed by atoms with Gasteiger partial charge in [-0.15, -0.1) is 0 Å². The molecule has 0 spiro atoms. The predicted molar refractivity (Wildman–Crippen MR) is 152 cm³/mol. The molecule has 1 fully saturated rings. The molecular weight excluding hydrogens is 492 g/mol. The topological polar surface area (TPSA) is 123 Å². The third kappa shape index (κ3) is 5.17. The Morgan fingerprint density at radius 2 is 1.82 bits per heavy atom. The molecule has 9 heteroatoms. The van der Waals surface area contributed by atoms with Gasteiger partial charge >= 0.3 is 0 Å². The third-order valence-electron chi connectivity index (χ3n) is 7.27. The Morgan fingerprint density at radius 3 is 2.51 bits per heavy atom. The molecule has 1 aliphatic heterocycles. The monoisotopic (exact) mass is 520 g/mol. The number of fused-ring (bicyclic) bond motifs is 1. The number of aromatic amines is 2. The van der Waals surface area contributed by atoms with Crippen LogP contribution in [0, 0.1) is 10.1 Å². The first-order valence-corrected chi connectivity index (χ1v) is 13.0. The van der Waals surface area contributed by atoms with Gasteiger partial charge in [0.1, 0.15) is 0 Å². The molecule has 0 atom stereocenters. The lowest BCUT2D eigenvalue weighted by atomic mass is 9.98. The molecule has 39 heavy (non-hydrogen) atoms. The van der Waals surface area contributed by atoms with Crippen LogP contribution >= 0.6 is 0 Å². The summed E-state index contributed by atoms with van der Waals surface area (Å²) in [5.41, 5.74) is 6.09. The Hall–Kier alpha value is -4.76. The number of rotatable bonds is 8. The van der Waals surface area contributed by atoms with E-state index in [2.05, 4.69) is 32.0 Å². The highest BCUT2D eigenvalue weighted by atomic mass is 16.6. The summed E-state index contributed by atoms with van der Waals surface area (Å²) < 4.78 is 0. The normalized spacial score (nSPS) is 14.3. The number of hydrogen-bond donors (Lipinski definition) is 3. The zero-order valence-electron chi connectivity index (χ0n) is 21.3. The molecule has 3 heterocycles. The maximum Gasteiger partial charge on any atom is 0.270 e. The number of nitrogens with zero attached hydrogens (tertiary/aromatic N) is 4. The number of aromatic hydroxyl groups is 1. The quantitative estimate of drug-likeness (QED) is 0.132. The molecule has 0 amide bonds. The van der Waals surface area contributed by atoms with Gasteiger partial charge in [-0.1, -0.05) is 36.4 Å². The van der Waals surface area contributed by atoms with Gasteiger partial charge in [0.2, 0.25) is 0 Å². The van der Waals surface area contributed by atoms with Crippen LogP contribution in [0.3, 0.4) is 0 Å². The van der Waals surface area contributed by atoms with Gasteiger partial charge in [-0.3, -0.25) is 10.1 Å². The molecule has 0 aliphatic carbocycles. The van der Waals surface area contributed by atoms with Crippen molar-refractivity contribution in [2.75, 3.05) is 19.6 Å². The molecule has 6 rings (SSSR count). The summed E-state index contributed by atoms with van der Waals surface area (Å²) in [4.78, 5) is 28.6. The highest BCUT2D eigenvalue weighted by molar-refractivity contribution is 6.22. The van der Waals surface area contributed by atoms with E-state index in [9.17, 15) is 15.2 Å². The zero-order valence-corrected chi connectivity index (χ0v) is 21.3. The second-order valence-electron chi connectivity index (χ2n) is 9.80. The molecule has 3 aromatic carbocycles. The third-order valence-corrected chi connectivity index (χ3v) is 7.27. The van der Waals surface area contributed by atoms with Crippen molar-refractivity contribution in [2.24, 2.45) is 4.99 Å². The summed E-state index contributed by atoms with van der Waals surface area (Å²) in [6.07, 6.45) is 6.90. The highest BCUT2D eigenvalue weighted by Crippen LogP contribution is 2.34. The largest absolute Gasteiger partial charge is 0.494 e. The van der Waals surface area contributed by atoms with Crippen molar-refractivity contribution in [3.8, 4) is 17.1 Å². The summed E-state index contributed by atoms with van der Waals surface area (Å²) in [5.74, 6) is -0.0866. The Morgan fingerprint density at radius 1 is 1.05 bits per heavy atom. The van der Waals surface area contributed by atoms with Gasteiger partial charge in [0, 0.05) is 35.1 Å². The molecule has 3 N–H and O–H groups in total. The predicted octanol–water partition coefficient (Wildman–Crippen LogP) is 5.98. The van der Waals surface area contributed by atoms with Crippen LogP contribution in [0.25, 0.3) is 22.2 Å². The number of benzene rings is 3. The van der Waals surface area contributed by atoms with Gasteiger partial charge in [-0.05, 0) is 61.7 Å². The van der Waals surface area contributed by atoms with Crippen molar-refractivity contribution < 1.29 is 10.0 Å². The van der Waals surface area contributed by atoms with Crippen molar-refractivity contribution in [3.63, 3.8) is 0 Å². The van der Waals surface area contributed by atoms with Crippen LogP contribution in [-0.2, 0) is 6.42 Å². The molecule has 5 aromatic rings. The Kier molecular flexibility index (Phi) is 6.64. The van der Waals surface area contributed by atoms with Gasteiger partial charge in [-0.25, -0.2) is 9.98 Å². The first-order chi connectivity index (χ1) is 19.0. The van der Waals surface area contributed by atoms with Crippen LogP contribution in [0.15, 0.2) is 84.2 Å². The number of likely N-dealkylation sites (tertiary alicyclic amines) is 1. The van der Waals surface area contributed by atoms with E-state index in [0.29, 0.717) is 27.9 Å². The number of aliphatic imine (C=N–C) groups is 1. The molecule has 2 aromatic heterocycles. The summed E-state index contributed by atoms with van der Waals surface area (Å²) in [7, 11) is 0. The number of H-pyrrole nitrogens is 2. The standard InChI is InChI=1S/C30H28N6O3/c37-30-28(25-17-24(36(38)39)11-12-26(25)34-30)29(33-23-9-7-21(8-10-23)27-18-31-19-32-27)22-5-3-20(4-6-22)13-16-35-14-1-2-15-35/h3-12,17-19,34,37H,1-2,13-16H2,(H,31,32). The van der Waals surface area contributed by atoms with Crippen molar-refractivity contribution in [2.45, 2.75) is 19.3 Å². The van der Waals surface area contributed by atoms with Gasteiger partial charge < -0.3 is 20.0 Å². The van der Waals surface area contributed by atoms with Gasteiger partial charge in [0.05, 0.1) is 40.1 Å². The minimum atomic E-state index is -0.437. The lowest BCUT2D eigenvalue weighted by molar-refractivity contribution is -0.384. The second-order valence-corrected chi connectivity index (χ2v) is 9.80. The first-order valence-electron chi connectivity index (χ1n) is 13.0. The van der Waals surface area contributed by atoms with E-state index in [0.717, 1.165) is 29.8 Å². The molecule has 9 nitrogen and oxygen atoms in total. The van der Waals surface area contributed by atoms with Gasteiger partial charge in [-0.2, -0.15) is 0 Å². The Balaban J connectivity index is 1.41. The van der Waals surface area contributed by atoms with Crippen molar-refractivity contribution in [3.05, 3.63) is 106 Å². The van der Waals surface area contributed by atoms with Gasteiger partial charge in [0.25, 0.3) is 5.69 Å². The number of aromatic nitrogens is 3. The minimum Gasteiger partial charge on any atom is -0.494 e. The van der Waals surface area contributed by atoms with Crippen LogP contribution in [0.5, 0.6) is 5.88 Å². The van der Waals surface area contributed by atoms with E-state index in [1.807, 2.05) is 36.4 Å². The second kappa shape index (κ2) is 10.5. The zero-order chi connectivity index (χ0) is 26.8. The fourth-order valence-electron chi connectivity index (χ4n) is 5.16. The molecule has 0 saturated carbocycles. The highest BCUT2D eigenvalue weighted by Gasteiger charge is 2.21. The molecule has 0 unspecified atom stereocenters. The van der Waals surface area contributed by atoms with Crippen molar-refractivity contribution in [1.29, 1.82) is 0 Å². The molecular formula is C30H28N6O3. The summed E-state index contributed by atoms with van der Waals surface area (Å²) in [5, 5.41) is 23.0. The molecule has 1 saturated heterocycles. The average molecular weight is 521 g/mol. The lowest BCUT2D eigenvalue weighted by Crippen LogP contribution is -2.21. The number of nitrogens with one attached hydrogen (secondary N) is 2. The van der Waals surface area contributed by atoms with E-state index in [1.165, 1.54) is 43.6 Å². The first kappa shape index (κ1) is 24.6. The van der Waals surface area contributed by atoms with E-state index in [1.54, 1.807) is 18.6 Å². The molecule has 0 bridgehead atoms. The Labute approximate surface area is 225 Å². The summed E-state index contributed by atoms with van der Waals surface area (Å²) in [6.45, 7) is 3.37. The lowest BCUT2D eigenvalue weighted by Gasteiger charge is -2.14. The maximum atomic E-state index is 11.5. The van der Waals surface area contributed by atoms with Crippen molar-refractivity contribution in [1.82, 2.24) is 19.9 Å². The van der Waals surface area contributed by atoms with Crippen LogP contribution in [0.2, 0.25) is 0 Å². The molecule has 0 radical (unpaired) electrons. The number of nitro groups is 1. The summed E-state index contributed by atoms with van der Waals surface area (Å²) in [6, 6.07) is 20.4. The van der Waals surface area contributed by atoms with Crippen LogP contribution in [0.1, 0.15) is 29.5 Å². The minimum absolute atomic E-state index is 0.0525. The SMILES string of the molecule is O=[N+]([O-])c1ccc2[nH]c(O)c(C(=Nc3ccc(-c4cnc[nH]4)cc3)c3ccc(CCN4CCCC4)cc3)c2c1. The van der Waals surface area contributed by atoms with E-state index in [4.69, 9.17) is 4.99 Å². The number of hydrogen-bond acceptors (Lipinski definition) is 6. The van der Waals surface area contributed by atoms with Crippen molar-refractivity contribution >= 4 is 28.0 Å². The van der Waals surface area contributed by atoms with Crippen LogP contribution in [0.4, 0.5) is 11.4 Å². The van der Waals surface area contributed by atoms with E-state index < -0.39 is 4.92 Å². The molecule has 1 aliphatic rings. The smallest absolute Gasteiger partial charge is 0.270 e. The number of imidazole rings is 1. The van der Waals surface area contributed by atoms with E-state index in [-0.39, 0.29) is 11.6 Å². The van der Waals surface area contributed by atoms with E-state index >= 15 is 0 Å². The van der Waals surface area contributed by atoms with Crippen LogP contribution in [-0.4, -0.2) is 55.2 Å². The maximum absolute atomic E-state index is 11.5. The number of non-ortho nitro benzene ring substituents is 1.